The van der Waals surface area contributed by atoms with Crippen LogP contribution < -0.4 is 10.6 Å². The van der Waals surface area contributed by atoms with Gasteiger partial charge in [-0.15, -0.1) is 0 Å². The van der Waals surface area contributed by atoms with Gasteiger partial charge in [0.1, 0.15) is 11.3 Å². The van der Waals surface area contributed by atoms with Crippen molar-refractivity contribution >= 4 is 28.8 Å². The van der Waals surface area contributed by atoms with Gasteiger partial charge in [0.2, 0.25) is 0 Å². The largest absolute Gasteiger partial charge is 0.507 e. The Hall–Kier alpha value is -3.28. The van der Waals surface area contributed by atoms with Crippen molar-refractivity contribution in [3.05, 3.63) is 59.3 Å². The molecule has 6 nitrogen and oxygen atoms in total. The van der Waals surface area contributed by atoms with Gasteiger partial charge in [0.05, 0.1) is 5.57 Å². The third kappa shape index (κ3) is 2.62. The molecule has 6 heteroatoms. The predicted octanol–water partition coefficient (Wildman–Crippen LogP) is 2.80. The first-order valence-corrected chi connectivity index (χ1v) is 6.91. The zero-order valence-electron chi connectivity index (χ0n) is 12.3. The molecule has 1 heterocycles. The Morgan fingerprint density at radius 1 is 1.26 bits per heavy atom. The van der Waals surface area contributed by atoms with Crippen molar-refractivity contribution in [2.24, 2.45) is 0 Å². The second-order valence-electron chi connectivity index (χ2n) is 5.19. The maximum absolute atomic E-state index is 12.1. The standard InChI is InChI=1S/C17H14N2O4/c1-9-3-2-4-13-15(9)12(16(21)19-13)8-18-10-5-6-14(20)11(7-10)17(22)23/h2-8,18,20H,1H3,(H,19,21)(H,22,23)/b12-8-. The molecule has 116 valence electrons. The van der Waals surface area contributed by atoms with E-state index < -0.39 is 5.97 Å². The summed E-state index contributed by atoms with van der Waals surface area (Å²) in [6.07, 6.45) is 1.53. The summed E-state index contributed by atoms with van der Waals surface area (Å²) in [4.78, 5) is 23.1. The number of carbonyl (C=O) groups excluding carboxylic acids is 1. The fourth-order valence-electron chi connectivity index (χ4n) is 2.52. The van der Waals surface area contributed by atoms with Crippen molar-refractivity contribution in [1.82, 2.24) is 0 Å². The lowest BCUT2D eigenvalue weighted by Crippen LogP contribution is -2.05. The highest BCUT2D eigenvalue weighted by Crippen LogP contribution is 2.34. The Bertz CT molecular complexity index is 856. The zero-order valence-corrected chi connectivity index (χ0v) is 12.3. The lowest BCUT2D eigenvalue weighted by Gasteiger charge is -2.06. The Balaban J connectivity index is 1.94. The molecule has 0 saturated carbocycles. The number of aromatic hydroxyl groups is 1. The SMILES string of the molecule is Cc1cccc2c1/C(=C/Nc1ccc(O)c(C(=O)O)c1)C(=O)N2. The fraction of sp³-hybridized carbons (Fsp3) is 0.0588. The molecule has 0 radical (unpaired) electrons. The lowest BCUT2D eigenvalue weighted by atomic mass is 10.0. The molecule has 3 rings (SSSR count). The van der Waals surface area contributed by atoms with E-state index in [0.717, 1.165) is 16.8 Å². The summed E-state index contributed by atoms with van der Waals surface area (Å²) >= 11 is 0. The molecule has 1 amide bonds. The van der Waals surface area contributed by atoms with Gasteiger partial charge < -0.3 is 20.8 Å². The number of hydrogen-bond donors (Lipinski definition) is 4. The number of anilines is 2. The lowest BCUT2D eigenvalue weighted by molar-refractivity contribution is -0.110. The van der Waals surface area contributed by atoms with Gasteiger partial charge in [-0.2, -0.15) is 0 Å². The summed E-state index contributed by atoms with van der Waals surface area (Å²) in [6.45, 7) is 1.91. The van der Waals surface area contributed by atoms with Crippen LogP contribution in [-0.2, 0) is 4.79 Å². The van der Waals surface area contributed by atoms with Gasteiger partial charge in [-0.25, -0.2) is 4.79 Å². The van der Waals surface area contributed by atoms with Crippen LogP contribution in [0.15, 0.2) is 42.6 Å². The minimum atomic E-state index is -1.22. The molecule has 1 aliphatic heterocycles. The highest BCUT2D eigenvalue weighted by Gasteiger charge is 2.25. The minimum absolute atomic E-state index is 0.208. The molecular formula is C17H14N2O4. The summed E-state index contributed by atoms with van der Waals surface area (Å²) in [5.41, 5.74) is 3.26. The van der Waals surface area contributed by atoms with E-state index in [2.05, 4.69) is 10.6 Å². The first-order valence-electron chi connectivity index (χ1n) is 6.91. The van der Waals surface area contributed by atoms with Gasteiger partial charge in [0.15, 0.2) is 0 Å². The number of hydrogen-bond acceptors (Lipinski definition) is 4. The normalized spacial score (nSPS) is 14.5. The molecule has 2 aromatic rings. The molecule has 1 aliphatic rings. The summed E-state index contributed by atoms with van der Waals surface area (Å²) in [7, 11) is 0. The number of carboxylic acid groups (broad SMARTS) is 1. The third-order valence-electron chi connectivity index (χ3n) is 3.65. The van der Waals surface area contributed by atoms with Crippen molar-refractivity contribution in [2.45, 2.75) is 6.92 Å². The van der Waals surface area contributed by atoms with Crippen LogP contribution in [0.3, 0.4) is 0 Å². The van der Waals surface area contributed by atoms with Crippen LogP contribution in [0.25, 0.3) is 5.57 Å². The Kier molecular flexibility index (Phi) is 3.50. The maximum atomic E-state index is 12.1. The third-order valence-corrected chi connectivity index (χ3v) is 3.65. The Morgan fingerprint density at radius 3 is 2.78 bits per heavy atom. The highest BCUT2D eigenvalue weighted by atomic mass is 16.4. The van der Waals surface area contributed by atoms with Gasteiger partial charge in [0.25, 0.3) is 5.91 Å². The maximum Gasteiger partial charge on any atom is 0.339 e. The van der Waals surface area contributed by atoms with Crippen LogP contribution in [0.2, 0.25) is 0 Å². The number of amides is 1. The van der Waals surface area contributed by atoms with Crippen LogP contribution in [0.1, 0.15) is 21.5 Å². The van der Waals surface area contributed by atoms with Crippen molar-refractivity contribution in [3.63, 3.8) is 0 Å². The van der Waals surface area contributed by atoms with Gasteiger partial charge in [-0.05, 0) is 36.8 Å². The fourth-order valence-corrected chi connectivity index (χ4v) is 2.52. The van der Waals surface area contributed by atoms with E-state index in [0.29, 0.717) is 11.3 Å². The van der Waals surface area contributed by atoms with E-state index in [1.807, 2.05) is 25.1 Å². The smallest absolute Gasteiger partial charge is 0.339 e. The van der Waals surface area contributed by atoms with E-state index in [1.54, 1.807) is 0 Å². The number of rotatable bonds is 3. The molecule has 23 heavy (non-hydrogen) atoms. The Labute approximate surface area is 132 Å². The van der Waals surface area contributed by atoms with Crippen LogP contribution in [0.4, 0.5) is 11.4 Å². The number of aromatic carboxylic acids is 1. The number of carboxylic acids is 1. The first-order chi connectivity index (χ1) is 11.0. The molecule has 0 fully saturated rings. The minimum Gasteiger partial charge on any atom is -0.507 e. The van der Waals surface area contributed by atoms with Gasteiger partial charge in [-0.3, -0.25) is 4.79 Å². The summed E-state index contributed by atoms with van der Waals surface area (Å²) in [5, 5.41) is 24.2. The first kappa shape index (κ1) is 14.6. The number of benzene rings is 2. The van der Waals surface area contributed by atoms with Crippen LogP contribution >= 0.6 is 0 Å². The van der Waals surface area contributed by atoms with Crippen LogP contribution in [0, 0.1) is 6.92 Å². The molecule has 0 saturated heterocycles. The average molecular weight is 310 g/mol. The second-order valence-corrected chi connectivity index (χ2v) is 5.19. The quantitative estimate of drug-likeness (QED) is 0.516. The average Bonchev–Trinajstić information content (AvgIpc) is 2.83. The second kappa shape index (κ2) is 5.49. The monoisotopic (exact) mass is 310 g/mol. The van der Waals surface area contributed by atoms with Gasteiger partial charge in [-0.1, -0.05) is 12.1 Å². The number of fused-ring (bicyclic) bond motifs is 1. The van der Waals surface area contributed by atoms with E-state index in [4.69, 9.17) is 5.11 Å². The molecule has 0 aromatic heterocycles. The van der Waals surface area contributed by atoms with Gasteiger partial charge >= 0.3 is 5.97 Å². The van der Waals surface area contributed by atoms with Crippen molar-refractivity contribution in [2.75, 3.05) is 10.6 Å². The molecule has 0 spiro atoms. The van der Waals surface area contributed by atoms with Crippen molar-refractivity contribution < 1.29 is 19.8 Å². The predicted molar refractivity (Wildman–Crippen MR) is 86.5 cm³/mol. The summed E-state index contributed by atoms with van der Waals surface area (Å²) < 4.78 is 0. The number of phenols is 1. The number of nitrogens with one attached hydrogen (secondary N) is 2. The highest BCUT2D eigenvalue weighted by molar-refractivity contribution is 6.32. The van der Waals surface area contributed by atoms with Crippen molar-refractivity contribution in [1.29, 1.82) is 0 Å². The van der Waals surface area contributed by atoms with E-state index >= 15 is 0 Å². The molecular weight excluding hydrogens is 296 g/mol. The molecule has 2 aromatic carbocycles. The summed E-state index contributed by atoms with van der Waals surface area (Å²) in [6, 6.07) is 9.73. The summed E-state index contributed by atoms with van der Waals surface area (Å²) in [5.74, 6) is -1.76. The molecule has 0 bridgehead atoms. The zero-order chi connectivity index (χ0) is 16.6. The molecule has 0 atom stereocenters. The molecule has 0 aliphatic carbocycles. The van der Waals surface area contributed by atoms with Gasteiger partial charge in [0, 0.05) is 23.1 Å². The van der Waals surface area contributed by atoms with E-state index in [-0.39, 0.29) is 17.2 Å². The molecule has 4 N–H and O–H groups in total. The molecule has 0 unspecified atom stereocenters. The topological polar surface area (TPSA) is 98.7 Å². The number of carbonyl (C=O) groups is 2. The Morgan fingerprint density at radius 2 is 2.04 bits per heavy atom. The van der Waals surface area contributed by atoms with Crippen LogP contribution in [-0.4, -0.2) is 22.1 Å². The van der Waals surface area contributed by atoms with Crippen molar-refractivity contribution in [3.8, 4) is 5.75 Å². The van der Waals surface area contributed by atoms with E-state index in [9.17, 15) is 14.7 Å². The number of aryl methyl sites for hydroxylation is 1. The van der Waals surface area contributed by atoms with E-state index in [1.165, 1.54) is 24.4 Å². The van der Waals surface area contributed by atoms with Crippen LogP contribution in [0.5, 0.6) is 5.75 Å².